The minimum atomic E-state index is 0.466. The Hall–Kier alpha value is -0.670. The van der Waals surface area contributed by atoms with Gasteiger partial charge in [0.25, 0.3) is 0 Å². The van der Waals surface area contributed by atoms with Crippen LogP contribution in [0.1, 0.15) is 18.4 Å². The van der Waals surface area contributed by atoms with Crippen molar-refractivity contribution < 1.29 is 4.74 Å². The number of thioether (sulfide) groups is 1. The molecule has 1 fully saturated rings. The average molecular weight is 209 g/mol. The SMILES string of the molecule is CSc1cc(OC2CC2)ccc1CN. The van der Waals surface area contributed by atoms with E-state index in [1.54, 1.807) is 11.8 Å². The van der Waals surface area contributed by atoms with Crippen molar-refractivity contribution in [3.05, 3.63) is 23.8 Å². The van der Waals surface area contributed by atoms with Crippen molar-refractivity contribution in [2.24, 2.45) is 5.73 Å². The van der Waals surface area contributed by atoms with Crippen LogP contribution in [0.3, 0.4) is 0 Å². The summed E-state index contributed by atoms with van der Waals surface area (Å²) in [6.07, 6.45) is 4.93. The Bertz CT molecular complexity index is 323. The Morgan fingerprint density at radius 1 is 1.50 bits per heavy atom. The zero-order chi connectivity index (χ0) is 9.97. The summed E-state index contributed by atoms with van der Waals surface area (Å²) in [7, 11) is 0. The largest absolute Gasteiger partial charge is 0.490 e. The third-order valence-electron chi connectivity index (χ3n) is 2.31. The molecule has 0 spiro atoms. The third-order valence-corrected chi connectivity index (χ3v) is 3.13. The molecular weight excluding hydrogens is 194 g/mol. The van der Waals surface area contributed by atoms with E-state index >= 15 is 0 Å². The Labute approximate surface area is 88.8 Å². The van der Waals surface area contributed by atoms with Crippen molar-refractivity contribution in [1.82, 2.24) is 0 Å². The van der Waals surface area contributed by atoms with Crippen LogP contribution in [-0.4, -0.2) is 12.4 Å². The minimum Gasteiger partial charge on any atom is -0.490 e. The van der Waals surface area contributed by atoms with E-state index < -0.39 is 0 Å². The van der Waals surface area contributed by atoms with Crippen molar-refractivity contribution in [2.75, 3.05) is 6.26 Å². The van der Waals surface area contributed by atoms with Gasteiger partial charge < -0.3 is 10.5 Å². The van der Waals surface area contributed by atoms with Crippen molar-refractivity contribution >= 4 is 11.8 Å². The smallest absolute Gasteiger partial charge is 0.120 e. The molecule has 2 nitrogen and oxygen atoms in total. The van der Waals surface area contributed by atoms with Gasteiger partial charge in [-0.2, -0.15) is 0 Å². The van der Waals surface area contributed by atoms with Gasteiger partial charge in [-0.05, 0) is 36.8 Å². The van der Waals surface area contributed by atoms with Gasteiger partial charge in [0.2, 0.25) is 0 Å². The number of nitrogens with two attached hydrogens (primary N) is 1. The quantitative estimate of drug-likeness (QED) is 0.773. The summed E-state index contributed by atoms with van der Waals surface area (Å²) in [5.74, 6) is 0.981. The van der Waals surface area contributed by atoms with Crippen molar-refractivity contribution in [1.29, 1.82) is 0 Å². The van der Waals surface area contributed by atoms with E-state index in [0.29, 0.717) is 12.6 Å². The number of hydrogen-bond acceptors (Lipinski definition) is 3. The Kier molecular flexibility index (Phi) is 2.99. The molecule has 0 amide bonds. The first-order valence-electron chi connectivity index (χ1n) is 4.87. The predicted octanol–water partition coefficient (Wildman–Crippen LogP) is 2.41. The first-order valence-corrected chi connectivity index (χ1v) is 6.09. The number of rotatable bonds is 4. The maximum absolute atomic E-state index is 5.71. The topological polar surface area (TPSA) is 35.2 Å². The molecule has 0 radical (unpaired) electrons. The predicted molar refractivity (Wildman–Crippen MR) is 59.8 cm³/mol. The lowest BCUT2D eigenvalue weighted by atomic mass is 10.2. The first kappa shape index (κ1) is 9.87. The summed E-state index contributed by atoms with van der Waals surface area (Å²) < 4.78 is 5.71. The van der Waals surface area contributed by atoms with Gasteiger partial charge in [-0.3, -0.25) is 0 Å². The van der Waals surface area contributed by atoms with Crippen LogP contribution in [0.25, 0.3) is 0 Å². The molecule has 1 aliphatic rings. The fraction of sp³-hybridized carbons (Fsp3) is 0.455. The number of ether oxygens (including phenoxy) is 1. The van der Waals surface area contributed by atoms with Crippen LogP contribution in [-0.2, 0) is 6.54 Å². The highest BCUT2D eigenvalue weighted by Crippen LogP contribution is 2.30. The maximum Gasteiger partial charge on any atom is 0.120 e. The van der Waals surface area contributed by atoms with E-state index in [1.165, 1.54) is 23.3 Å². The highest BCUT2D eigenvalue weighted by molar-refractivity contribution is 7.98. The molecule has 0 saturated heterocycles. The zero-order valence-corrected chi connectivity index (χ0v) is 9.14. The molecule has 1 aromatic carbocycles. The molecule has 1 aliphatic carbocycles. The summed E-state index contributed by atoms with van der Waals surface area (Å²) in [6.45, 7) is 0.597. The van der Waals surface area contributed by atoms with Crippen LogP contribution in [0.15, 0.2) is 23.1 Å². The Balaban J connectivity index is 2.16. The molecule has 3 heteroatoms. The van der Waals surface area contributed by atoms with Crippen molar-refractivity contribution in [3.63, 3.8) is 0 Å². The van der Waals surface area contributed by atoms with Crippen molar-refractivity contribution in [2.45, 2.75) is 30.4 Å². The van der Waals surface area contributed by atoms with Gasteiger partial charge in [-0.1, -0.05) is 6.07 Å². The van der Waals surface area contributed by atoms with Gasteiger partial charge in [0, 0.05) is 11.4 Å². The molecule has 1 aromatic rings. The standard InChI is InChI=1S/C11H15NOS/c1-14-11-6-10(13-9-4-5-9)3-2-8(11)7-12/h2-3,6,9H,4-5,7,12H2,1H3. The lowest BCUT2D eigenvalue weighted by Crippen LogP contribution is -2.00. The molecule has 14 heavy (non-hydrogen) atoms. The lowest BCUT2D eigenvalue weighted by Gasteiger charge is -2.09. The van der Waals surface area contributed by atoms with E-state index in [9.17, 15) is 0 Å². The van der Waals surface area contributed by atoms with Crippen LogP contribution in [0, 0.1) is 0 Å². The lowest BCUT2D eigenvalue weighted by molar-refractivity contribution is 0.302. The normalized spacial score (nSPS) is 15.6. The second-order valence-corrected chi connectivity index (χ2v) is 4.34. The van der Waals surface area contributed by atoms with Gasteiger partial charge >= 0.3 is 0 Å². The van der Waals surface area contributed by atoms with Gasteiger partial charge in [0.1, 0.15) is 5.75 Å². The molecule has 0 aliphatic heterocycles. The van der Waals surface area contributed by atoms with Gasteiger partial charge in [-0.15, -0.1) is 11.8 Å². The number of benzene rings is 1. The second-order valence-electron chi connectivity index (χ2n) is 3.49. The van der Waals surface area contributed by atoms with Gasteiger partial charge in [-0.25, -0.2) is 0 Å². The van der Waals surface area contributed by atoms with Crippen LogP contribution < -0.4 is 10.5 Å². The molecule has 76 valence electrons. The summed E-state index contributed by atoms with van der Waals surface area (Å²) >= 11 is 1.72. The van der Waals surface area contributed by atoms with Crippen LogP contribution in [0.5, 0.6) is 5.75 Å². The van der Waals surface area contributed by atoms with Gasteiger partial charge in [0.15, 0.2) is 0 Å². The summed E-state index contributed by atoms with van der Waals surface area (Å²) in [5.41, 5.74) is 6.83. The molecule has 0 unspecified atom stereocenters. The molecule has 0 bridgehead atoms. The molecule has 0 atom stereocenters. The molecule has 0 heterocycles. The molecule has 2 rings (SSSR count). The van der Waals surface area contributed by atoms with E-state index in [1.807, 2.05) is 6.07 Å². The monoisotopic (exact) mass is 209 g/mol. The summed E-state index contributed by atoms with van der Waals surface area (Å²) in [6, 6.07) is 6.16. The first-order chi connectivity index (χ1) is 6.83. The van der Waals surface area contributed by atoms with Crippen LogP contribution in [0.2, 0.25) is 0 Å². The molecular formula is C11H15NOS. The van der Waals surface area contributed by atoms with Gasteiger partial charge in [0.05, 0.1) is 6.10 Å². The fourth-order valence-corrected chi connectivity index (χ4v) is 1.99. The average Bonchev–Trinajstić information content (AvgIpc) is 3.01. The fourth-order valence-electron chi connectivity index (χ4n) is 1.35. The third kappa shape index (κ3) is 2.22. The molecule has 1 saturated carbocycles. The number of hydrogen-bond donors (Lipinski definition) is 1. The summed E-state index contributed by atoms with van der Waals surface area (Å²) in [4.78, 5) is 1.23. The van der Waals surface area contributed by atoms with Crippen molar-refractivity contribution in [3.8, 4) is 5.75 Å². The molecule has 0 aromatic heterocycles. The van der Waals surface area contributed by atoms with E-state index in [0.717, 1.165) is 5.75 Å². The van der Waals surface area contributed by atoms with Crippen LogP contribution in [0.4, 0.5) is 0 Å². The van der Waals surface area contributed by atoms with Crippen LogP contribution >= 0.6 is 11.8 Å². The highest BCUT2D eigenvalue weighted by atomic mass is 32.2. The van der Waals surface area contributed by atoms with E-state index in [-0.39, 0.29) is 0 Å². The zero-order valence-electron chi connectivity index (χ0n) is 8.32. The van der Waals surface area contributed by atoms with E-state index in [4.69, 9.17) is 10.5 Å². The highest BCUT2D eigenvalue weighted by Gasteiger charge is 2.23. The maximum atomic E-state index is 5.71. The Morgan fingerprint density at radius 3 is 2.86 bits per heavy atom. The minimum absolute atomic E-state index is 0.466. The summed E-state index contributed by atoms with van der Waals surface area (Å²) in [5, 5.41) is 0. The Morgan fingerprint density at radius 2 is 2.29 bits per heavy atom. The van der Waals surface area contributed by atoms with E-state index in [2.05, 4.69) is 18.4 Å². The molecule has 2 N–H and O–H groups in total. The second kappa shape index (κ2) is 4.24.